The van der Waals surface area contributed by atoms with Crippen molar-refractivity contribution >= 4 is 46.0 Å². The number of benzene rings is 2. The maximum Gasteiger partial charge on any atom is 0.270 e. The topological polar surface area (TPSA) is 135 Å². The van der Waals surface area contributed by atoms with E-state index < -0.39 is 22.6 Å². The predicted molar refractivity (Wildman–Crippen MR) is 111 cm³/mol. The number of nitro groups is 1. The third kappa shape index (κ3) is 4.21. The summed E-state index contributed by atoms with van der Waals surface area (Å²) in [7, 11) is 0. The van der Waals surface area contributed by atoms with E-state index in [-0.39, 0.29) is 17.4 Å². The first-order valence-corrected chi connectivity index (χ1v) is 9.75. The quantitative estimate of drug-likeness (QED) is 0.272. The van der Waals surface area contributed by atoms with Gasteiger partial charge in [0.05, 0.1) is 22.6 Å². The number of non-ortho nitro benzene ring substituents is 1. The number of amides is 3. The maximum atomic E-state index is 12.4. The zero-order chi connectivity index (χ0) is 22.0. The molecular formula is C20H13N5O5S. The number of hydrogen-bond acceptors (Lipinski definition) is 8. The van der Waals surface area contributed by atoms with Crippen molar-refractivity contribution in [3.63, 3.8) is 0 Å². The molecule has 0 bridgehead atoms. The summed E-state index contributed by atoms with van der Waals surface area (Å²) in [5.41, 5.74) is 1.10. The van der Waals surface area contributed by atoms with Gasteiger partial charge in [-0.2, -0.15) is 0 Å². The fraction of sp³-hybridized carbons (Fsp3) is 0.0500. The van der Waals surface area contributed by atoms with Gasteiger partial charge in [-0.3, -0.25) is 34.7 Å². The van der Waals surface area contributed by atoms with E-state index in [1.807, 2.05) is 0 Å². The van der Waals surface area contributed by atoms with Crippen LogP contribution in [0.4, 0.5) is 10.8 Å². The molecule has 0 atom stereocenters. The predicted octanol–water partition coefficient (Wildman–Crippen LogP) is 2.89. The van der Waals surface area contributed by atoms with E-state index in [0.29, 0.717) is 21.7 Å². The second-order valence-corrected chi connectivity index (χ2v) is 7.48. The van der Waals surface area contributed by atoms with Crippen LogP contribution in [0.2, 0.25) is 0 Å². The Hall–Kier alpha value is -4.25. The molecule has 0 saturated heterocycles. The molecule has 2 aromatic carbocycles. The van der Waals surface area contributed by atoms with Crippen molar-refractivity contribution in [3.05, 3.63) is 86.4 Å². The van der Waals surface area contributed by atoms with Crippen LogP contribution in [0.25, 0.3) is 6.08 Å². The van der Waals surface area contributed by atoms with Gasteiger partial charge >= 0.3 is 0 Å². The summed E-state index contributed by atoms with van der Waals surface area (Å²) in [6.07, 6.45) is 2.65. The Labute approximate surface area is 179 Å². The van der Waals surface area contributed by atoms with Crippen molar-refractivity contribution in [2.45, 2.75) is 6.54 Å². The standard InChI is InChI=1S/C20H13N5O5S/c26-16(9-8-12-4-3-5-13(10-12)25(29)30)21-20-23-22-17(31-20)11-24-18(27)14-6-1-2-7-15(14)19(24)28/h1-10H,11H2,(H,21,23,26)/b9-8+. The van der Waals surface area contributed by atoms with Gasteiger partial charge in [-0.15, -0.1) is 10.2 Å². The molecular weight excluding hydrogens is 422 g/mol. The Bertz CT molecular complexity index is 1220. The van der Waals surface area contributed by atoms with Crippen LogP contribution in [0, 0.1) is 10.1 Å². The number of hydrogen-bond donors (Lipinski definition) is 1. The highest BCUT2D eigenvalue weighted by Gasteiger charge is 2.35. The zero-order valence-electron chi connectivity index (χ0n) is 15.7. The lowest BCUT2D eigenvalue weighted by atomic mass is 10.1. The number of anilines is 1. The largest absolute Gasteiger partial charge is 0.297 e. The molecule has 0 aliphatic carbocycles. The van der Waals surface area contributed by atoms with Crippen molar-refractivity contribution in [1.29, 1.82) is 0 Å². The lowest BCUT2D eigenvalue weighted by Gasteiger charge is -2.10. The number of nitro benzene ring substituents is 1. The molecule has 0 radical (unpaired) electrons. The van der Waals surface area contributed by atoms with Gasteiger partial charge in [0, 0.05) is 18.2 Å². The number of carbonyl (C=O) groups excluding carboxylic acids is 3. The molecule has 4 rings (SSSR count). The van der Waals surface area contributed by atoms with Crippen LogP contribution in [0.5, 0.6) is 0 Å². The number of rotatable bonds is 6. The Kier molecular flexibility index (Phi) is 5.33. The number of imide groups is 1. The Morgan fingerprint density at radius 1 is 1.10 bits per heavy atom. The van der Waals surface area contributed by atoms with E-state index in [1.165, 1.54) is 30.4 Å². The van der Waals surface area contributed by atoms with Crippen molar-refractivity contribution in [2.24, 2.45) is 0 Å². The summed E-state index contributed by atoms with van der Waals surface area (Å²) in [4.78, 5) is 48.3. The highest BCUT2D eigenvalue weighted by Crippen LogP contribution is 2.26. The minimum absolute atomic E-state index is 0.0522. The van der Waals surface area contributed by atoms with Crippen molar-refractivity contribution in [2.75, 3.05) is 5.32 Å². The van der Waals surface area contributed by atoms with Crippen molar-refractivity contribution < 1.29 is 19.3 Å². The normalized spacial score (nSPS) is 13.0. The molecule has 31 heavy (non-hydrogen) atoms. The van der Waals surface area contributed by atoms with Crippen molar-refractivity contribution in [3.8, 4) is 0 Å². The zero-order valence-corrected chi connectivity index (χ0v) is 16.5. The molecule has 3 aromatic rings. The third-order valence-corrected chi connectivity index (χ3v) is 5.20. The fourth-order valence-electron chi connectivity index (χ4n) is 2.95. The number of aromatic nitrogens is 2. The molecule has 0 saturated carbocycles. The third-order valence-electron chi connectivity index (χ3n) is 4.38. The highest BCUT2D eigenvalue weighted by atomic mass is 32.1. The average molecular weight is 435 g/mol. The van der Waals surface area contributed by atoms with Crippen molar-refractivity contribution in [1.82, 2.24) is 15.1 Å². The fourth-order valence-corrected chi connectivity index (χ4v) is 3.68. The van der Waals surface area contributed by atoms with Gasteiger partial charge in [0.2, 0.25) is 11.0 Å². The number of nitrogens with zero attached hydrogens (tertiary/aromatic N) is 4. The van der Waals surface area contributed by atoms with E-state index in [0.717, 1.165) is 16.2 Å². The molecule has 0 spiro atoms. The summed E-state index contributed by atoms with van der Waals surface area (Å²) < 4.78 is 0. The average Bonchev–Trinajstić information content (AvgIpc) is 3.31. The van der Waals surface area contributed by atoms with E-state index in [1.54, 1.807) is 30.3 Å². The highest BCUT2D eigenvalue weighted by molar-refractivity contribution is 7.15. The Morgan fingerprint density at radius 2 is 1.81 bits per heavy atom. The first kappa shape index (κ1) is 20.0. The van der Waals surface area contributed by atoms with E-state index in [4.69, 9.17) is 0 Å². The monoisotopic (exact) mass is 435 g/mol. The van der Waals surface area contributed by atoms with E-state index in [9.17, 15) is 24.5 Å². The first-order valence-electron chi connectivity index (χ1n) is 8.93. The molecule has 0 fully saturated rings. The lowest BCUT2D eigenvalue weighted by Crippen LogP contribution is -2.29. The molecule has 10 nitrogen and oxygen atoms in total. The summed E-state index contributed by atoms with van der Waals surface area (Å²) >= 11 is 1.04. The summed E-state index contributed by atoms with van der Waals surface area (Å²) in [6, 6.07) is 12.4. The van der Waals surface area contributed by atoms with Crippen LogP contribution in [0.1, 0.15) is 31.3 Å². The van der Waals surface area contributed by atoms with E-state index in [2.05, 4.69) is 15.5 Å². The minimum atomic E-state index is -0.519. The number of carbonyl (C=O) groups is 3. The number of fused-ring (bicyclic) bond motifs is 1. The summed E-state index contributed by atoms with van der Waals surface area (Å²) in [6.45, 7) is -0.0522. The molecule has 154 valence electrons. The van der Waals surface area contributed by atoms with Crippen LogP contribution >= 0.6 is 11.3 Å². The van der Waals surface area contributed by atoms with Crippen LogP contribution in [-0.2, 0) is 11.3 Å². The molecule has 0 unspecified atom stereocenters. The molecule has 1 aliphatic heterocycles. The Morgan fingerprint density at radius 3 is 2.48 bits per heavy atom. The summed E-state index contributed by atoms with van der Waals surface area (Å²) in [5, 5.41) is 21.7. The lowest BCUT2D eigenvalue weighted by molar-refractivity contribution is -0.384. The first-order chi connectivity index (χ1) is 14.9. The second-order valence-electron chi connectivity index (χ2n) is 6.42. The van der Waals surface area contributed by atoms with Gasteiger partial charge in [0.1, 0.15) is 5.01 Å². The van der Waals surface area contributed by atoms with Gasteiger partial charge in [0.25, 0.3) is 17.5 Å². The SMILES string of the molecule is O=C(/C=C/c1cccc([N+](=O)[O-])c1)Nc1nnc(CN2C(=O)c3ccccc3C2=O)s1. The molecule has 2 heterocycles. The van der Waals surface area contributed by atoms with Gasteiger partial charge < -0.3 is 0 Å². The molecule has 1 aliphatic rings. The molecule has 11 heteroatoms. The Balaban J connectivity index is 1.39. The minimum Gasteiger partial charge on any atom is -0.297 e. The molecule has 1 N–H and O–H groups in total. The van der Waals surface area contributed by atoms with Crippen LogP contribution in [0.3, 0.4) is 0 Å². The summed E-state index contributed by atoms with van der Waals surface area (Å²) in [5.74, 6) is -1.31. The molecule has 1 aromatic heterocycles. The number of nitrogens with one attached hydrogen (secondary N) is 1. The molecule has 3 amide bonds. The van der Waals surface area contributed by atoms with Gasteiger partial charge in [-0.25, -0.2) is 0 Å². The van der Waals surface area contributed by atoms with Crippen LogP contribution in [-0.4, -0.2) is 37.7 Å². The van der Waals surface area contributed by atoms with Gasteiger partial charge in [-0.1, -0.05) is 35.6 Å². The van der Waals surface area contributed by atoms with Crippen LogP contribution in [0.15, 0.2) is 54.6 Å². The van der Waals surface area contributed by atoms with Gasteiger partial charge in [0.15, 0.2) is 0 Å². The second kappa shape index (κ2) is 8.24. The maximum absolute atomic E-state index is 12.4. The van der Waals surface area contributed by atoms with E-state index >= 15 is 0 Å². The smallest absolute Gasteiger partial charge is 0.270 e. The van der Waals surface area contributed by atoms with Gasteiger partial charge in [-0.05, 0) is 23.8 Å². The van der Waals surface area contributed by atoms with Crippen LogP contribution < -0.4 is 5.32 Å².